The van der Waals surface area contributed by atoms with Gasteiger partial charge < -0.3 is 14.6 Å². The van der Waals surface area contributed by atoms with Crippen molar-refractivity contribution >= 4 is 11.9 Å². The second-order valence-electron chi connectivity index (χ2n) is 4.54. The van der Waals surface area contributed by atoms with E-state index in [4.69, 9.17) is 9.47 Å². The Morgan fingerprint density at radius 1 is 0.864 bits per heavy atom. The molecule has 0 fully saturated rings. The maximum absolute atomic E-state index is 11.9. The first-order chi connectivity index (χ1) is 10.7. The number of benzene rings is 2. The molecule has 0 heterocycles. The first-order valence-corrected chi connectivity index (χ1v) is 6.79. The second kappa shape index (κ2) is 7.95. The Morgan fingerprint density at radius 3 is 1.86 bits per heavy atom. The summed E-state index contributed by atoms with van der Waals surface area (Å²) in [6, 6.07) is 16.9. The van der Waals surface area contributed by atoms with Crippen molar-refractivity contribution in [2.24, 2.45) is 0 Å². The Kier molecular flexibility index (Phi) is 5.68. The fourth-order valence-electron chi connectivity index (χ4n) is 1.74. The summed E-state index contributed by atoms with van der Waals surface area (Å²) >= 11 is 0. The highest BCUT2D eigenvalue weighted by atomic mass is 16.6. The molecule has 0 saturated carbocycles. The van der Waals surface area contributed by atoms with E-state index >= 15 is 0 Å². The van der Waals surface area contributed by atoms with Crippen LogP contribution in [0.15, 0.2) is 60.7 Å². The fourth-order valence-corrected chi connectivity index (χ4v) is 1.74. The summed E-state index contributed by atoms with van der Waals surface area (Å²) in [5, 5.41) is 9.24. The molecule has 0 bridgehead atoms. The molecule has 1 atom stereocenters. The molecule has 0 aliphatic rings. The third-order valence-electron chi connectivity index (χ3n) is 2.90. The number of esters is 2. The molecule has 114 valence electrons. The van der Waals surface area contributed by atoms with Gasteiger partial charge in [0.2, 0.25) is 0 Å². The van der Waals surface area contributed by atoms with E-state index in [2.05, 4.69) is 0 Å². The number of carbonyl (C=O) groups is 2. The third kappa shape index (κ3) is 4.43. The summed E-state index contributed by atoms with van der Waals surface area (Å²) in [4.78, 5) is 23.6. The van der Waals surface area contributed by atoms with Gasteiger partial charge in [0.25, 0.3) is 0 Å². The Balaban J connectivity index is 1.87. The SMILES string of the molecule is O=C(OC[C@H](CO)OC(=O)c1ccccc1)c1ccccc1. The Labute approximate surface area is 128 Å². The Bertz CT molecular complexity index is 609. The van der Waals surface area contributed by atoms with Crippen LogP contribution in [0.3, 0.4) is 0 Å². The number of aliphatic hydroxyl groups excluding tert-OH is 1. The minimum Gasteiger partial charge on any atom is -0.458 e. The molecule has 5 heteroatoms. The van der Waals surface area contributed by atoms with Crippen LogP contribution in [0.5, 0.6) is 0 Å². The average molecular weight is 300 g/mol. The first kappa shape index (κ1) is 15.7. The van der Waals surface area contributed by atoms with Gasteiger partial charge in [0.1, 0.15) is 6.61 Å². The van der Waals surface area contributed by atoms with Crippen molar-refractivity contribution in [3.8, 4) is 0 Å². The molecule has 0 aromatic heterocycles. The van der Waals surface area contributed by atoms with Gasteiger partial charge in [0.15, 0.2) is 6.10 Å². The molecular formula is C17H16O5. The predicted octanol–water partition coefficient (Wildman–Crippen LogP) is 2.06. The van der Waals surface area contributed by atoms with Crippen molar-refractivity contribution < 1.29 is 24.2 Å². The number of ether oxygens (including phenoxy) is 2. The van der Waals surface area contributed by atoms with Crippen LogP contribution < -0.4 is 0 Å². The summed E-state index contributed by atoms with van der Waals surface area (Å²) in [5.74, 6) is -1.11. The highest BCUT2D eigenvalue weighted by Crippen LogP contribution is 2.06. The zero-order valence-electron chi connectivity index (χ0n) is 11.8. The van der Waals surface area contributed by atoms with Crippen LogP contribution >= 0.6 is 0 Å². The molecular weight excluding hydrogens is 284 g/mol. The summed E-state index contributed by atoms with van der Waals surface area (Å²) in [6.07, 6.45) is -0.902. The van der Waals surface area contributed by atoms with Crippen LogP contribution in [0.2, 0.25) is 0 Å². The maximum Gasteiger partial charge on any atom is 0.338 e. The molecule has 0 aliphatic heterocycles. The van der Waals surface area contributed by atoms with Crippen LogP contribution in [0.4, 0.5) is 0 Å². The number of aliphatic hydroxyl groups is 1. The maximum atomic E-state index is 11.9. The summed E-state index contributed by atoms with van der Waals surface area (Å²) < 4.78 is 10.1. The number of carbonyl (C=O) groups excluding carboxylic acids is 2. The topological polar surface area (TPSA) is 72.8 Å². The molecule has 0 aliphatic carbocycles. The molecule has 0 spiro atoms. The quantitative estimate of drug-likeness (QED) is 0.827. The molecule has 0 unspecified atom stereocenters. The van der Waals surface area contributed by atoms with Crippen molar-refractivity contribution in [3.05, 3.63) is 71.8 Å². The molecule has 0 saturated heterocycles. The Morgan fingerprint density at radius 2 is 1.36 bits per heavy atom. The van der Waals surface area contributed by atoms with Gasteiger partial charge in [0.05, 0.1) is 17.7 Å². The minimum absolute atomic E-state index is 0.206. The molecule has 2 rings (SSSR count). The molecule has 0 amide bonds. The molecule has 22 heavy (non-hydrogen) atoms. The highest BCUT2D eigenvalue weighted by molar-refractivity contribution is 5.90. The number of rotatable bonds is 6. The van der Waals surface area contributed by atoms with Gasteiger partial charge >= 0.3 is 11.9 Å². The van der Waals surface area contributed by atoms with E-state index < -0.39 is 24.6 Å². The predicted molar refractivity (Wildman–Crippen MR) is 79.5 cm³/mol. The summed E-state index contributed by atoms with van der Waals surface area (Å²) in [7, 11) is 0. The highest BCUT2D eigenvalue weighted by Gasteiger charge is 2.17. The smallest absolute Gasteiger partial charge is 0.338 e. The second-order valence-corrected chi connectivity index (χ2v) is 4.54. The number of hydrogen-bond donors (Lipinski definition) is 1. The van der Waals surface area contributed by atoms with Gasteiger partial charge in [-0.15, -0.1) is 0 Å². The van der Waals surface area contributed by atoms with E-state index in [0.717, 1.165) is 0 Å². The van der Waals surface area contributed by atoms with E-state index in [1.807, 2.05) is 0 Å². The van der Waals surface area contributed by atoms with Crippen molar-refractivity contribution in [2.45, 2.75) is 6.10 Å². The first-order valence-electron chi connectivity index (χ1n) is 6.79. The van der Waals surface area contributed by atoms with E-state index in [1.165, 1.54) is 0 Å². The molecule has 5 nitrogen and oxygen atoms in total. The molecule has 1 N–H and O–H groups in total. The van der Waals surface area contributed by atoms with E-state index in [9.17, 15) is 14.7 Å². The minimum atomic E-state index is -0.902. The van der Waals surface area contributed by atoms with Crippen molar-refractivity contribution in [3.63, 3.8) is 0 Å². The molecule has 2 aromatic rings. The zero-order chi connectivity index (χ0) is 15.8. The lowest BCUT2D eigenvalue weighted by Gasteiger charge is -2.15. The molecule has 0 radical (unpaired) electrons. The van der Waals surface area contributed by atoms with Gasteiger partial charge in [-0.2, -0.15) is 0 Å². The molecule has 2 aromatic carbocycles. The lowest BCUT2D eigenvalue weighted by atomic mass is 10.2. The standard InChI is InChI=1S/C17H16O5/c18-11-15(22-17(20)14-9-5-2-6-10-14)12-21-16(19)13-7-3-1-4-8-13/h1-10,15,18H,11-12H2/t15-/m0/s1. The number of hydrogen-bond acceptors (Lipinski definition) is 5. The van der Waals surface area contributed by atoms with Crippen LogP contribution in [-0.4, -0.2) is 36.4 Å². The summed E-state index contributed by atoms with van der Waals surface area (Å²) in [5.41, 5.74) is 0.768. The monoisotopic (exact) mass is 300 g/mol. The van der Waals surface area contributed by atoms with Gasteiger partial charge in [-0.3, -0.25) is 0 Å². The van der Waals surface area contributed by atoms with Crippen molar-refractivity contribution in [2.75, 3.05) is 13.2 Å². The lowest BCUT2D eigenvalue weighted by Crippen LogP contribution is -2.28. The van der Waals surface area contributed by atoms with Gasteiger partial charge in [-0.25, -0.2) is 9.59 Å². The van der Waals surface area contributed by atoms with Gasteiger partial charge in [-0.05, 0) is 24.3 Å². The lowest BCUT2D eigenvalue weighted by molar-refractivity contribution is -0.0170. The van der Waals surface area contributed by atoms with Crippen molar-refractivity contribution in [1.82, 2.24) is 0 Å². The summed E-state index contributed by atoms with van der Waals surface area (Å²) in [6.45, 7) is -0.635. The van der Waals surface area contributed by atoms with E-state index in [1.54, 1.807) is 60.7 Å². The van der Waals surface area contributed by atoms with Crippen LogP contribution in [-0.2, 0) is 9.47 Å². The van der Waals surface area contributed by atoms with Crippen LogP contribution in [0, 0.1) is 0 Å². The van der Waals surface area contributed by atoms with E-state index in [-0.39, 0.29) is 6.61 Å². The van der Waals surface area contributed by atoms with Crippen molar-refractivity contribution in [1.29, 1.82) is 0 Å². The third-order valence-corrected chi connectivity index (χ3v) is 2.90. The van der Waals surface area contributed by atoms with E-state index in [0.29, 0.717) is 11.1 Å². The zero-order valence-corrected chi connectivity index (χ0v) is 11.8. The largest absolute Gasteiger partial charge is 0.458 e. The average Bonchev–Trinajstić information content (AvgIpc) is 2.59. The fraction of sp³-hybridized carbons (Fsp3) is 0.176. The van der Waals surface area contributed by atoms with Gasteiger partial charge in [-0.1, -0.05) is 36.4 Å². The normalized spacial score (nSPS) is 11.5. The van der Waals surface area contributed by atoms with Crippen LogP contribution in [0.1, 0.15) is 20.7 Å². The van der Waals surface area contributed by atoms with Crippen LogP contribution in [0.25, 0.3) is 0 Å². The Hall–Kier alpha value is -2.66. The van der Waals surface area contributed by atoms with Gasteiger partial charge in [0, 0.05) is 0 Å².